The lowest BCUT2D eigenvalue weighted by atomic mass is 10.1. The molecule has 4 nitrogen and oxygen atoms in total. The number of ether oxygens (including phenoxy) is 1. The predicted octanol–water partition coefficient (Wildman–Crippen LogP) is 1.84. The van der Waals surface area contributed by atoms with E-state index in [2.05, 4.69) is 0 Å². The van der Waals surface area contributed by atoms with Gasteiger partial charge in [-0.15, -0.1) is 0 Å². The number of aromatic carboxylic acids is 1. The van der Waals surface area contributed by atoms with Crippen LogP contribution in [0.5, 0.6) is 5.75 Å². The number of aryl methyl sites for hydroxylation is 1. The third kappa shape index (κ3) is 3.24. The Hall–Kier alpha value is -1.55. The first-order chi connectivity index (χ1) is 7.54. The van der Waals surface area contributed by atoms with E-state index in [9.17, 15) is 9.90 Å². The Balaban J connectivity index is 2.70. The number of hydrogen-bond donors (Lipinski definition) is 2. The van der Waals surface area contributed by atoms with Gasteiger partial charge in [0.25, 0.3) is 0 Å². The molecule has 1 rings (SSSR count). The molecule has 0 radical (unpaired) electrons. The second kappa shape index (κ2) is 5.51. The highest BCUT2D eigenvalue weighted by atomic mass is 16.5. The van der Waals surface area contributed by atoms with Gasteiger partial charge in [0.2, 0.25) is 0 Å². The summed E-state index contributed by atoms with van der Waals surface area (Å²) in [6.07, 6.45) is 0.145. The van der Waals surface area contributed by atoms with Crippen LogP contribution in [0.4, 0.5) is 0 Å². The molecule has 16 heavy (non-hydrogen) atoms. The monoisotopic (exact) mass is 224 g/mol. The Morgan fingerprint density at radius 2 is 2.19 bits per heavy atom. The van der Waals surface area contributed by atoms with Crippen molar-refractivity contribution < 1.29 is 19.7 Å². The van der Waals surface area contributed by atoms with Crippen molar-refractivity contribution >= 4 is 5.97 Å². The van der Waals surface area contributed by atoms with E-state index in [1.165, 1.54) is 6.07 Å². The lowest BCUT2D eigenvalue weighted by molar-refractivity contribution is 0.0695. The fraction of sp³-hybridized carbons (Fsp3) is 0.417. The minimum atomic E-state index is -0.947. The lowest BCUT2D eigenvalue weighted by Gasteiger charge is -2.11. The van der Waals surface area contributed by atoms with Crippen LogP contribution in [0.3, 0.4) is 0 Å². The molecule has 0 amide bonds. The fourth-order valence-corrected chi connectivity index (χ4v) is 1.28. The van der Waals surface area contributed by atoms with Gasteiger partial charge in [0, 0.05) is 0 Å². The summed E-state index contributed by atoms with van der Waals surface area (Å²) in [7, 11) is 0. The first kappa shape index (κ1) is 12.5. The molecule has 0 fully saturated rings. The average molecular weight is 224 g/mol. The van der Waals surface area contributed by atoms with Gasteiger partial charge < -0.3 is 14.9 Å². The fourth-order valence-electron chi connectivity index (χ4n) is 1.28. The van der Waals surface area contributed by atoms with E-state index < -0.39 is 12.1 Å². The molecule has 0 heterocycles. The molecule has 1 atom stereocenters. The normalized spacial score (nSPS) is 12.2. The third-order valence-corrected chi connectivity index (χ3v) is 2.34. The van der Waals surface area contributed by atoms with Gasteiger partial charge in [-0.2, -0.15) is 0 Å². The van der Waals surface area contributed by atoms with E-state index in [1.54, 1.807) is 19.1 Å². The summed E-state index contributed by atoms with van der Waals surface area (Å²) in [6.45, 7) is 3.81. The molecule has 1 aromatic carbocycles. The molecular weight excluding hydrogens is 208 g/mol. The van der Waals surface area contributed by atoms with Crippen molar-refractivity contribution in [1.82, 2.24) is 0 Å². The number of hydrogen-bond acceptors (Lipinski definition) is 3. The van der Waals surface area contributed by atoms with Crippen molar-refractivity contribution in [2.45, 2.75) is 26.4 Å². The molecule has 4 heteroatoms. The highest BCUT2D eigenvalue weighted by molar-refractivity contribution is 5.89. The van der Waals surface area contributed by atoms with Crippen molar-refractivity contribution in [1.29, 1.82) is 0 Å². The summed E-state index contributed by atoms with van der Waals surface area (Å²) in [5.41, 5.74) is 0.916. The zero-order chi connectivity index (χ0) is 12.1. The summed E-state index contributed by atoms with van der Waals surface area (Å²) in [4.78, 5) is 10.8. The average Bonchev–Trinajstić information content (AvgIpc) is 2.25. The van der Waals surface area contributed by atoms with Gasteiger partial charge in [-0.25, -0.2) is 4.79 Å². The van der Waals surface area contributed by atoms with Crippen molar-refractivity contribution in [3.63, 3.8) is 0 Å². The molecule has 88 valence electrons. The SMILES string of the molecule is CCC(O)COc1ccc(C(=O)O)c(C)c1. The molecule has 1 aromatic rings. The zero-order valence-corrected chi connectivity index (χ0v) is 9.43. The first-order valence-corrected chi connectivity index (χ1v) is 5.19. The van der Waals surface area contributed by atoms with Crippen molar-refractivity contribution in [2.24, 2.45) is 0 Å². The minimum absolute atomic E-state index is 0.225. The largest absolute Gasteiger partial charge is 0.491 e. The molecule has 0 aromatic heterocycles. The van der Waals surface area contributed by atoms with Crippen LogP contribution < -0.4 is 4.74 Å². The lowest BCUT2D eigenvalue weighted by Crippen LogP contribution is -2.16. The smallest absolute Gasteiger partial charge is 0.335 e. The van der Waals surface area contributed by atoms with E-state index in [0.29, 0.717) is 17.7 Å². The topological polar surface area (TPSA) is 66.8 Å². The minimum Gasteiger partial charge on any atom is -0.491 e. The third-order valence-electron chi connectivity index (χ3n) is 2.34. The van der Waals surface area contributed by atoms with Crippen molar-refractivity contribution in [3.8, 4) is 5.75 Å². The molecular formula is C12H16O4. The Bertz CT molecular complexity index is 373. The van der Waals surface area contributed by atoms with Gasteiger partial charge >= 0.3 is 5.97 Å². The van der Waals surface area contributed by atoms with Crippen LogP contribution in [0.1, 0.15) is 29.3 Å². The number of aliphatic hydroxyl groups is 1. The first-order valence-electron chi connectivity index (χ1n) is 5.19. The Morgan fingerprint density at radius 1 is 1.50 bits per heavy atom. The van der Waals surface area contributed by atoms with Crippen LogP contribution in [0.15, 0.2) is 18.2 Å². The number of carbonyl (C=O) groups is 1. The Morgan fingerprint density at radius 3 is 2.69 bits per heavy atom. The van der Waals surface area contributed by atoms with Crippen LogP contribution in [-0.4, -0.2) is 28.9 Å². The van der Waals surface area contributed by atoms with Gasteiger partial charge in [0.05, 0.1) is 11.7 Å². The molecule has 1 unspecified atom stereocenters. The number of carboxylic acid groups (broad SMARTS) is 1. The van der Waals surface area contributed by atoms with Crippen LogP contribution in [0.2, 0.25) is 0 Å². The van der Waals surface area contributed by atoms with E-state index in [1.807, 2.05) is 6.92 Å². The summed E-state index contributed by atoms with van der Waals surface area (Å²) >= 11 is 0. The molecule has 0 saturated carbocycles. The maximum atomic E-state index is 10.8. The molecule has 2 N–H and O–H groups in total. The van der Waals surface area contributed by atoms with Gasteiger partial charge in [0.15, 0.2) is 0 Å². The molecule has 0 spiro atoms. The van der Waals surface area contributed by atoms with E-state index in [-0.39, 0.29) is 12.2 Å². The van der Waals surface area contributed by atoms with Crippen LogP contribution in [0.25, 0.3) is 0 Å². The molecule has 0 bridgehead atoms. The summed E-state index contributed by atoms with van der Waals surface area (Å²) in [6, 6.07) is 4.76. The summed E-state index contributed by atoms with van der Waals surface area (Å²) in [5, 5.41) is 18.1. The zero-order valence-electron chi connectivity index (χ0n) is 9.43. The number of benzene rings is 1. The molecule has 0 aliphatic rings. The van der Waals surface area contributed by atoms with Gasteiger partial charge in [-0.1, -0.05) is 6.92 Å². The quantitative estimate of drug-likeness (QED) is 0.800. The second-order valence-electron chi connectivity index (χ2n) is 3.65. The molecule has 0 aliphatic carbocycles. The van der Waals surface area contributed by atoms with E-state index in [0.717, 1.165) is 0 Å². The second-order valence-corrected chi connectivity index (χ2v) is 3.65. The van der Waals surface area contributed by atoms with Crippen molar-refractivity contribution in [2.75, 3.05) is 6.61 Å². The van der Waals surface area contributed by atoms with Gasteiger partial charge in [-0.3, -0.25) is 0 Å². The highest BCUT2D eigenvalue weighted by Crippen LogP contribution is 2.17. The molecule has 0 saturated heterocycles. The van der Waals surface area contributed by atoms with E-state index >= 15 is 0 Å². The predicted molar refractivity (Wildman–Crippen MR) is 59.9 cm³/mol. The standard InChI is InChI=1S/C12H16O4/c1-3-9(13)7-16-10-4-5-11(12(14)15)8(2)6-10/h4-6,9,13H,3,7H2,1-2H3,(H,14,15). The number of carboxylic acids is 1. The van der Waals surface area contributed by atoms with Crippen molar-refractivity contribution in [3.05, 3.63) is 29.3 Å². The van der Waals surface area contributed by atoms with Crippen LogP contribution >= 0.6 is 0 Å². The highest BCUT2D eigenvalue weighted by Gasteiger charge is 2.08. The number of aliphatic hydroxyl groups excluding tert-OH is 1. The van der Waals surface area contributed by atoms with Crippen LogP contribution in [0, 0.1) is 6.92 Å². The maximum absolute atomic E-state index is 10.8. The summed E-state index contributed by atoms with van der Waals surface area (Å²) in [5.74, 6) is -0.368. The maximum Gasteiger partial charge on any atom is 0.335 e. The number of rotatable bonds is 5. The Kier molecular flexibility index (Phi) is 4.31. The van der Waals surface area contributed by atoms with E-state index in [4.69, 9.17) is 9.84 Å². The summed E-state index contributed by atoms with van der Waals surface area (Å²) < 4.78 is 5.33. The Labute approximate surface area is 94.5 Å². The van der Waals surface area contributed by atoms with Gasteiger partial charge in [0.1, 0.15) is 12.4 Å². The van der Waals surface area contributed by atoms with Crippen LogP contribution in [-0.2, 0) is 0 Å². The van der Waals surface area contributed by atoms with Gasteiger partial charge in [-0.05, 0) is 37.1 Å². The molecule has 0 aliphatic heterocycles.